The standard InChI is InChI=1S/C12H15F3N2O4S/c1-3-7(2)10(11(18)19)17-22(20,21)8-4-5-9(16-6-8)12(13,14)15/h4-7,10,17H,3H2,1-2H3,(H,18,19)/t7-,10-/m0/s1. The van der Waals surface area contributed by atoms with Crippen LogP contribution < -0.4 is 4.72 Å². The van der Waals surface area contributed by atoms with Crippen LogP contribution in [0.5, 0.6) is 0 Å². The Bertz CT molecular complexity index is 629. The highest BCUT2D eigenvalue weighted by Crippen LogP contribution is 2.27. The van der Waals surface area contributed by atoms with Gasteiger partial charge < -0.3 is 5.11 Å². The number of halogens is 3. The smallest absolute Gasteiger partial charge is 0.433 e. The maximum atomic E-state index is 12.4. The quantitative estimate of drug-likeness (QED) is 0.824. The van der Waals surface area contributed by atoms with Gasteiger partial charge in [-0.2, -0.15) is 17.9 Å². The topological polar surface area (TPSA) is 96.4 Å². The molecule has 1 aromatic heterocycles. The van der Waals surface area contributed by atoms with Gasteiger partial charge in [0.25, 0.3) is 0 Å². The molecule has 0 spiro atoms. The first-order chi connectivity index (χ1) is 9.99. The first kappa shape index (κ1) is 18.4. The third-order valence-electron chi connectivity index (χ3n) is 3.10. The predicted octanol–water partition coefficient (Wildman–Crippen LogP) is 1.88. The van der Waals surface area contributed by atoms with Gasteiger partial charge in [-0.15, -0.1) is 0 Å². The number of carbonyl (C=O) groups is 1. The van der Waals surface area contributed by atoms with E-state index in [1.54, 1.807) is 13.8 Å². The lowest BCUT2D eigenvalue weighted by Crippen LogP contribution is -2.44. The van der Waals surface area contributed by atoms with Gasteiger partial charge >= 0.3 is 12.1 Å². The first-order valence-corrected chi connectivity index (χ1v) is 7.75. The number of carboxylic acids is 1. The van der Waals surface area contributed by atoms with Gasteiger partial charge in [0.1, 0.15) is 16.6 Å². The predicted molar refractivity (Wildman–Crippen MR) is 70.4 cm³/mol. The Balaban J connectivity index is 3.06. The van der Waals surface area contributed by atoms with Crippen LogP contribution in [0.1, 0.15) is 26.0 Å². The van der Waals surface area contributed by atoms with Gasteiger partial charge in [-0.1, -0.05) is 20.3 Å². The summed E-state index contributed by atoms with van der Waals surface area (Å²) in [4.78, 5) is 13.6. The molecule has 0 bridgehead atoms. The van der Waals surface area contributed by atoms with E-state index in [1.807, 2.05) is 4.72 Å². The zero-order valence-electron chi connectivity index (χ0n) is 11.8. The molecule has 0 saturated heterocycles. The number of rotatable bonds is 6. The number of hydrogen-bond donors (Lipinski definition) is 2. The molecule has 0 radical (unpaired) electrons. The number of aliphatic carboxylic acids is 1. The molecule has 1 heterocycles. The van der Waals surface area contributed by atoms with Crippen molar-refractivity contribution in [2.75, 3.05) is 0 Å². The van der Waals surface area contributed by atoms with E-state index in [0.717, 1.165) is 6.07 Å². The number of sulfonamides is 1. The number of nitrogens with one attached hydrogen (secondary N) is 1. The zero-order chi connectivity index (χ0) is 17.1. The minimum Gasteiger partial charge on any atom is -0.480 e. The number of aromatic nitrogens is 1. The van der Waals surface area contributed by atoms with Crippen molar-refractivity contribution in [3.63, 3.8) is 0 Å². The van der Waals surface area contributed by atoms with Crippen molar-refractivity contribution in [1.29, 1.82) is 0 Å². The molecule has 1 aromatic rings. The molecule has 0 aliphatic heterocycles. The second-order valence-electron chi connectivity index (χ2n) is 4.70. The molecule has 2 atom stereocenters. The maximum Gasteiger partial charge on any atom is 0.433 e. The van der Waals surface area contributed by atoms with Crippen LogP contribution in [0.3, 0.4) is 0 Å². The molecule has 0 aliphatic rings. The number of alkyl halides is 3. The molecule has 0 fully saturated rings. The average molecular weight is 340 g/mol. The molecule has 10 heteroatoms. The molecule has 0 unspecified atom stereocenters. The number of carboxylic acid groups (broad SMARTS) is 1. The molecular weight excluding hydrogens is 325 g/mol. The van der Waals surface area contributed by atoms with E-state index >= 15 is 0 Å². The summed E-state index contributed by atoms with van der Waals surface area (Å²) in [6.07, 6.45) is -3.73. The number of pyridine rings is 1. The SMILES string of the molecule is CC[C@H](C)[C@H](NS(=O)(=O)c1ccc(C(F)(F)F)nc1)C(=O)O. The van der Waals surface area contributed by atoms with Crippen LogP contribution >= 0.6 is 0 Å². The first-order valence-electron chi connectivity index (χ1n) is 6.27. The fourth-order valence-corrected chi connectivity index (χ4v) is 2.83. The van der Waals surface area contributed by atoms with Gasteiger partial charge in [0, 0.05) is 6.20 Å². The van der Waals surface area contributed by atoms with E-state index in [4.69, 9.17) is 5.11 Å². The van der Waals surface area contributed by atoms with Crippen molar-refractivity contribution in [2.24, 2.45) is 5.92 Å². The van der Waals surface area contributed by atoms with Crippen LogP contribution in [-0.4, -0.2) is 30.5 Å². The van der Waals surface area contributed by atoms with Crippen LogP contribution in [0.25, 0.3) is 0 Å². The summed E-state index contributed by atoms with van der Waals surface area (Å²) < 4.78 is 63.2. The summed E-state index contributed by atoms with van der Waals surface area (Å²) in [5.41, 5.74) is -1.23. The third kappa shape index (κ3) is 4.41. The summed E-state index contributed by atoms with van der Waals surface area (Å²) in [6, 6.07) is -0.126. The van der Waals surface area contributed by atoms with E-state index in [-0.39, 0.29) is 0 Å². The van der Waals surface area contributed by atoms with E-state index in [1.165, 1.54) is 0 Å². The minimum absolute atomic E-state index is 0.407. The third-order valence-corrected chi connectivity index (χ3v) is 4.52. The molecule has 0 amide bonds. The highest BCUT2D eigenvalue weighted by Gasteiger charge is 2.33. The van der Waals surface area contributed by atoms with Crippen molar-refractivity contribution in [3.05, 3.63) is 24.0 Å². The summed E-state index contributed by atoms with van der Waals surface area (Å²) in [5, 5.41) is 9.04. The van der Waals surface area contributed by atoms with Crippen LogP contribution in [0, 0.1) is 5.92 Å². The van der Waals surface area contributed by atoms with Crippen molar-refractivity contribution in [3.8, 4) is 0 Å². The van der Waals surface area contributed by atoms with Gasteiger partial charge in [0.05, 0.1) is 0 Å². The van der Waals surface area contributed by atoms with Crippen LogP contribution in [0.4, 0.5) is 13.2 Å². The Labute approximate surface area is 125 Å². The highest BCUT2D eigenvalue weighted by molar-refractivity contribution is 7.89. The molecular formula is C12H15F3N2O4S. The Morgan fingerprint density at radius 2 is 2.00 bits per heavy atom. The monoisotopic (exact) mass is 340 g/mol. The fraction of sp³-hybridized carbons (Fsp3) is 0.500. The van der Waals surface area contributed by atoms with E-state index in [0.29, 0.717) is 18.7 Å². The molecule has 22 heavy (non-hydrogen) atoms. The molecule has 0 aliphatic carbocycles. The number of hydrogen-bond acceptors (Lipinski definition) is 4. The highest BCUT2D eigenvalue weighted by atomic mass is 32.2. The maximum absolute atomic E-state index is 12.4. The molecule has 124 valence electrons. The van der Waals surface area contributed by atoms with Crippen molar-refractivity contribution < 1.29 is 31.5 Å². The van der Waals surface area contributed by atoms with E-state index in [9.17, 15) is 26.4 Å². The van der Waals surface area contributed by atoms with Crippen molar-refractivity contribution in [2.45, 2.75) is 37.4 Å². The molecule has 1 rings (SSSR count). The zero-order valence-corrected chi connectivity index (χ0v) is 12.6. The number of nitrogens with zero attached hydrogens (tertiary/aromatic N) is 1. The van der Waals surface area contributed by atoms with Crippen LogP contribution in [0.15, 0.2) is 23.2 Å². The lowest BCUT2D eigenvalue weighted by molar-refractivity contribution is -0.141. The second-order valence-corrected chi connectivity index (χ2v) is 6.41. The Morgan fingerprint density at radius 3 is 2.36 bits per heavy atom. The average Bonchev–Trinajstić information content (AvgIpc) is 2.43. The van der Waals surface area contributed by atoms with Gasteiger partial charge in [-0.3, -0.25) is 9.78 Å². The molecule has 0 aromatic carbocycles. The lowest BCUT2D eigenvalue weighted by atomic mass is 10.0. The fourth-order valence-electron chi connectivity index (χ4n) is 1.59. The summed E-state index contributed by atoms with van der Waals surface area (Å²) in [7, 11) is -4.28. The van der Waals surface area contributed by atoms with Crippen LogP contribution in [-0.2, 0) is 21.0 Å². The van der Waals surface area contributed by atoms with Crippen LogP contribution in [0.2, 0.25) is 0 Å². The second kappa shape index (κ2) is 6.61. The van der Waals surface area contributed by atoms with E-state index < -0.39 is 44.7 Å². The largest absolute Gasteiger partial charge is 0.480 e. The lowest BCUT2D eigenvalue weighted by Gasteiger charge is -2.20. The Morgan fingerprint density at radius 1 is 1.41 bits per heavy atom. The Kier molecular flexibility index (Phi) is 5.52. The van der Waals surface area contributed by atoms with Gasteiger partial charge in [0.15, 0.2) is 0 Å². The van der Waals surface area contributed by atoms with Gasteiger partial charge in [-0.25, -0.2) is 8.42 Å². The summed E-state index contributed by atoms with van der Waals surface area (Å²) in [6.45, 7) is 3.24. The normalized spacial score (nSPS) is 15.3. The van der Waals surface area contributed by atoms with E-state index in [2.05, 4.69) is 4.98 Å². The molecule has 0 saturated carbocycles. The van der Waals surface area contributed by atoms with Crippen molar-refractivity contribution in [1.82, 2.24) is 9.71 Å². The van der Waals surface area contributed by atoms with Gasteiger partial charge in [-0.05, 0) is 18.1 Å². The van der Waals surface area contributed by atoms with Gasteiger partial charge in [0.2, 0.25) is 10.0 Å². The minimum atomic E-state index is -4.68. The summed E-state index contributed by atoms with van der Waals surface area (Å²) >= 11 is 0. The Hall–Kier alpha value is -1.68. The molecule has 2 N–H and O–H groups in total. The molecule has 6 nitrogen and oxygen atoms in total. The summed E-state index contributed by atoms with van der Waals surface area (Å²) in [5.74, 6) is -1.85. The van der Waals surface area contributed by atoms with Crippen molar-refractivity contribution >= 4 is 16.0 Å².